The maximum absolute atomic E-state index is 11.4. The molecular weight excluding hydrogens is 250 g/mol. The lowest BCUT2D eigenvalue weighted by Crippen LogP contribution is -2.32. The van der Waals surface area contributed by atoms with E-state index in [-0.39, 0.29) is 23.5 Å². The molecular formula is C13H19NO3S. The first-order valence-electron chi connectivity index (χ1n) is 6.21. The molecule has 0 spiro atoms. The molecule has 0 amide bonds. The maximum Gasteiger partial charge on any atom is 0.150 e. The first kappa shape index (κ1) is 13.4. The Kier molecular flexibility index (Phi) is 4.24. The molecule has 2 unspecified atom stereocenters. The van der Waals surface area contributed by atoms with Gasteiger partial charge in [0.1, 0.15) is 5.75 Å². The average Bonchev–Trinajstić information content (AvgIpc) is 2.71. The van der Waals surface area contributed by atoms with Gasteiger partial charge in [-0.1, -0.05) is 18.2 Å². The average molecular weight is 269 g/mol. The molecule has 1 heterocycles. The van der Waals surface area contributed by atoms with Gasteiger partial charge in [0.25, 0.3) is 0 Å². The lowest BCUT2D eigenvalue weighted by molar-refractivity contribution is 0.279. The molecule has 100 valence electrons. The van der Waals surface area contributed by atoms with E-state index >= 15 is 0 Å². The molecule has 1 saturated heterocycles. The molecule has 2 rings (SSSR count). The minimum Gasteiger partial charge on any atom is -0.494 e. The minimum absolute atomic E-state index is 0.0917. The Labute approximate surface area is 108 Å². The highest BCUT2D eigenvalue weighted by Crippen LogP contribution is 2.22. The van der Waals surface area contributed by atoms with E-state index in [1.807, 2.05) is 30.3 Å². The zero-order chi connectivity index (χ0) is 13.0. The Bertz CT molecular complexity index is 472. The summed E-state index contributed by atoms with van der Waals surface area (Å²) in [4.78, 5) is 0. The molecule has 0 saturated carbocycles. The van der Waals surface area contributed by atoms with Crippen LogP contribution >= 0.6 is 0 Å². The third kappa shape index (κ3) is 3.71. The number of hydrogen-bond donors (Lipinski definition) is 1. The first-order valence-corrected chi connectivity index (χ1v) is 8.03. The highest BCUT2D eigenvalue weighted by Gasteiger charge is 2.31. The van der Waals surface area contributed by atoms with Crippen molar-refractivity contribution < 1.29 is 13.2 Å². The zero-order valence-electron chi connectivity index (χ0n) is 10.3. The third-order valence-corrected chi connectivity index (χ3v) is 5.13. The van der Waals surface area contributed by atoms with Gasteiger partial charge >= 0.3 is 0 Å². The summed E-state index contributed by atoms with van der Waals surface area (Å²) in [5.41, 5.74) is 6.02. The zero-order valence-corrected chi connectivity index (χ0v) is 11.1. The van der Waals surface area contributed by atoms with Crippen LogP contribution in [-0.4, -0.2) is 32.6 Å². The Morgan fingerprint density at radius 1 is 1.33 bits per heavy atom. The number of nitrogens with two attached hydrogens (primary N) is 1. The quantitative estimate of drug-likeness (QED) is 0.872. The van der Waals surface area contributed by atoms with Crippen LogP contribution in [0.3, 0.4) is 0 Å². The summed E-state index contributed by atoms with van der Waals surface area (Å²) in [7, 11) is -2.84. The number of hydrogen-bond acceptors (Lipinski definition) is 4. The molecule has 2 N–H and O–H groups in total. The molecule has 1 aromatic rings. The molecule has 1 aliphatic heterocycles. The van der Waals surface area contributed by atoms with Crippen LogP contribution < -0.4 is 10.5 Å². The van der Waals surface area contributed by atoms with Crippen molar-refractivity contribution in [3.8, 4) is 5.75 Å². The fourth-order valence-corrected chi connectivity index (χ4v) is 4.12. The normalized spacial score (nSPS) is 23.7. The second-order valence-electron chi connectivity index (χ2n) is 4.78. The Balaban J connectivity index is 1.74. The fraction of sp³-hybridized carbons (Fsp3) is 0.538. The molecule has 0 aromatic heterocycles. The molecule has 18 heavy (non-hydrogen) atoms. The summed E-state index contributed by atoms with van der Waals surface area (Å²) in [5, 5.41) is 0. The van der Waals surface area contributed by atoms with Crippen LogP contribution in [0.4, 0.5) is 0 Å². The van der Waals surface area contributed by atoms with E-state index in [0.717, 1.165) is 5.75 Å². The summed E-state index contributed by atoms with van der Waals surface area (Å²) in [6, 6.07) is 9.46. The van der Waals surface area contributed by atoms with Crippen LogP contribution in [0.5, 0.6) is 5.75 Å². The van der Waals surface area contributed by atoms with Gasteiger partial charge in [0, 0.05) is 6.04 Å². The first-order chi connectivity index (χ1) is 8.57. The molecule has 1 aliphatic rings. The lowest BCUT2D eigenvalue weighted by atomic mass is 9.98. The van der Waals surface area contributed by atoms with E-state index in [1.54, 1.807) is 0 Å². The Hall–Kier alpha value is -1.07. The molecule has 0 radical (unpaired) electrons. The molecule has 0 bridgehead atoms. The predicted molar refractivity (Wildman–Crippen MR) is 71.3 cm³/mol. The number of benzene rings is 1. The summed E-state index contributed by atoms with van der Waals surface area (Å²) in [5.74, 6) is 1.43. The minimum atomic E-state index is -2.84. The van der Waals surface area contributed by atoms with Gasteiger partial charge in [-0.25, -0.2) is 8.42 Å². The van der Waals surface area contributed by atoms with Gasteiger partial charge in [-0.15, -0.1) is 0 Å². The number of sulfone groups is 1. The lowest BCUT2D eigenvalue weighted by Gasteiger charge is -2.17. The fourth-order valence-electron chi connectivity index (χ4n) is 2.23. The van der Waals surface area contributed by atoms with Crippen molar-refractivity contribution in [1.29, 1.82) is 0 Å². The van der Waals surface area contributed by atoms with Crippen molar-refractivity contribution in [2.45, 2.75) is 18.9 Å². The van der Waals surface area contributed by atoms with Gasteiger partial charge in [0.15, 0.2) is 9.84 Å². The molecule has 2 atom stereocenters. The van der Waals surface area contributed by atoms with E-state index in [4.69, 9.17) is 10.5 Å². The van der Waals surface area contributed by atoms with Crippen LogP contribution in [-0.2, 0) is 9.84 Å². The van der Waals surface area contributed by atoms with E-state index in [2.05, 4.69) is 0 Å². The number of para-hydroxylation sites is 1. The largest absolute Gasteiger partial charge is 0.494 e. The third-order valence-electron chi connectivity index (χ3n) is 3.34. The molecule has 1 fully saturated rings. The number of rotatable bonds is 5. The van der Waals surface area contributed by atoms with Gasteiger partial charge in [-0.3, -0.25) is 0 Å². The summed E-state index contributed by atoms with van der Waals surface area (Å²) in [6.07, 6.45) is 1.38. The summed E-state index contributed by atoms with van der Waals surface area (Å²) >= 11 is 0. The Morgan fingerprint density at radius 2 is 2.06 bits per heavy atom. The van der Waals surface area contributed by atoms with Gasteiger partial charge in [-0.05, 0) is 30.9 Å². The van der Waals surface area contributed by atoms with Crippen LogP contribution in [0.25, 0.3) is 0 Å². The van der Waals surface area contributed by atoms with Gasteiger partial charge in [-0.2, -0.15) is 0 Å². The molecule has 4 nitrogen and oxygen atoms in total. The topological polar surface area (TPSA) is 69.4 Å². The van der Waals surface area contributed by atoms with Gasteiger partial charge in [0.2, 0.25) is 0 Å². The second kappa shape index (κ2) is 5.71. The van der Waals surface area contributed by atoms with E-state index in [0.29, 0.717) is 19.4 Å². The Morgan fingerprint density at radius 3 is 2.67 bits per heavy atom. The highest BCUT2D eigenvalue weighted by molar-refractivity contribution is 7.91. The van der Waals surface area contributed by atoms with Gasteiger partial charge in [0.05, 0.1) is 18.1 Å². The van der Waals surface area contributed by atoms with E-state index in [9.17, 15) is 8.42 Å². The summed E-state index contributed by atoms with van der Waals surface area (Å²) in [6.45, 7) is 0.529. The van der Waals surface area contributed by atoms with Crippen LogP contribution in [0.15, 0.2) is 30.3 Å². The monoisotopic (exact) mass is 269 g/mol. The van der Waals surface area contributed by atoms with Gasteiger partial charge < -0.3 is 10.5 Å². The highest BCUT2D eigenvalue weighted by atomic mass is 32.2. The van der Waals surface area contributed by atoms with E-state index in [1.165, 1.54) is 0 Å². The van der Waals surface area contributed by atoms with Crippen molar-refractivity contribution in [2.24, 2.45) is 11.7 Å². The number of ether oxygens (including phenoxy) is 1. The molecule has 5 heteroatoms. The van der Waals surface area contributed by atoms with Crippen molar-refractivity contribution in [3.05, 3.63) is 30.3 Å². The van der Waals surface area contributed by atoms with Crippen molar-refractivity contribution >= 4 is 9.84 Å². The van der Waals surface area contributed by atoms with Crippen LogP contribution in [0.2, 0.25) is 0 Å². The molecule has 1 aromatic carbocycles. The van der Waals surface area contributed by atoms with Crippen LogP contribution in [0.1, 0.15) is 12.8 Å². The van der Waals surface area contributed by atoms with E-state index < -0.39 is 9.84 Å². The van der Waals surface area contributed by atoms with Crippen molar-refractivity contribution in [3.63, 3.8) is 0 Å². The smallest absolute Gasteiger partial charge is 0.150 e. The predicted octanol–water partition coefficient (Wildman–Crippen LogP) is 1.22. The SMILES string of the molecule is NC(CCOc1ccccc1)C1CCS(=O)(=O)C1. The molecule has 0 aliphatic carbocycles. The standard InChI is InChI=1S/C13H19NO3S/c14-13(11-7-9-18(15,16)10-11)6-8-17-12-4-2-1-3-5-12/h1-5,11,13H,6-10,14H2. The van der Waals surface area contributed by atoms with Crippen molar-refractivity contribution in [2.75, 3.05) is 18.1 Å². The van der Waals surface area contributed by atoms with Crippen LogP contribution in [0, 0.1) is 5.92 Å². The maximum atomic E-state index is 11.4. The summed E-state index contributed by atoms with van der Waals surface area (Å²) < 4.78 is 28.3. The van der Waals surface area contributed by atoms with Crippen molar-refractivity contribution in [1.82, 2.24) is 0 Å². The second-order valence-corrected chi connectivity index (χ2v) is 7.01.